The Morgan fingerprint density at radius 3 is 2.75 bits per heavy atom. The Morgan fingerprint density at radius 2 is 2.06 bits per heavy atom. The van der Waals surface area contributed by atoms with Crippen LogP contribution in [0.2, 0.25) is 0 Å². The van der Waals surface area contributed by atoms with E-state index in [1.54, 1.807) is 24.8 Å². The zero-order chi connectivity index (χ0) is 22.8. The standard InChI is InChI=1S/C24H32N6O2/c1-23(2)12-17(13-24(3,4)29-23)11-22(31)30-9-10-32-20(16-30)19-6-5-18(14-27-19)28-21-15-25-7-8-26-21/h5-8,12,14-15,20,29H,9-11,13,16H2,1-4H3,(H,26,28)/t20-/m0/s1. The summed E-state index contributed by atoms with van der Waals surface area (Å²) in [7, 11) is 0. The molecule has 0 spiro atoms. The van der Waals surface area contributed by atoms with E-state index < -0.39 is 0 Å². The third-order valence-corrected chi connectivity index (χ3v) is 5.64. The summed E-state index contributed by atoms with van der Waals surface area (Å²) < 4.78 is 5.93. The molecule has 8 heteroatoms. The maximum absolute atomic E-state index is 13.1. The van der Waals surface area contributed by atoms with Crippen LogP contribution in [0.5, 0.6) is 0 Å². The highest BCUT2D eigenvalue weighted by Gasteiger charge is 2.34. The number of carbonyl (C=O) groups excluding carboxylic acids is 1. The van der Waals surface area contributed by atoms with Crippen molar-refractivity contribution in [3.63, 3.8) is 0 Å². The summed E-state index contributed by atoms with van der Waals surface area (Å²) in [4.78, 5) is 27.8. The van der Waals surface area contributed by atoms with Crippen molar-refractivity contribution < 1.29 is 9.53 Å². The van der Waals surface area contributed by atoms with E-state index in [1.807, 2.05) is 17.0 Å². The molecule has 0 aliphatic carbocycles. The maximum Gasteiger partial charge on any atom is 0.226 e. The van der Waals surface area contributed by atoms with Crippen molar-refractivity contribution in [2.24, 2.45) is 0 Å². The number of morpholine rings is 1. The molecule has 2 aromatic rings. The Morgan fingerprint density at radius 1 is 1.22 bits per heavy atom. The summed E-state index contributed by atoms with van der Waals surface area (Å²) in [6, 6.07) is 3.86. The van der Waals surface area contributed by atoms with E-state index >= 15 is 0 Å². The lowest BCUT2D eigenvalue weighted by molar-refractivity contribution is -0.138. The van der Waals surface area contributed by atoms with E-state index in [1.165, 1.54) is 5.57 Å². The van der Waals surface area contributed by atoms with E-state index in [0.29, 0.717) is 31.9 Å². The zero-order valence-electron chi connectivity index (χ0n) is 19.3. The van der Waals surface area contributed by atoms with Crippen LogP contribution in [0, 0.1) is 0 Å². The fourth-order valence-corrected chi connectivity index (χ4v) is 4.74. The Bertz CT molecular complexity index is 972. The van der Waals surface area contributed by atoms with Gasteiger partial charge in [-0.05, 0) is 46.2 Å². The predicted molar refractivity (Wildman–Crippen MR) is 123 cm³/mol. The highest BCUT2D eigenvalue weighted by atomic mass is 16.5. The molecular weight excluding hydrogens is 404 g/mol. The lowest BCUT2D eigenvalue weighted by Gasteiger charge is -2.41. The number of ether oxygens (including phenoxy) is 1. The number of anilines is 2. The molecular formula is C24H32N6O2. The van der Waals surface area contributed by atoms with E-state index in [4.69, 9.17) is 4.74 Å². The molecule has 0 saturated carbocycles. The molecule has 0 radical (unpaired) electrons. The molecule has 2 aliphatic rings. The van der Waals surface area contributed by atoms with Gasteiger partial charge in [0.25, 0.3) is 0 Å². The second-order valence-corrected chi connectivity index (χ2v) is 9.77. The van der Waals surface area contributed by atoms with Crippen molar-refractivity contribution in [3.8, 4) is 0 Å². The number of rotatable bonds is 5. The third kappa shape index (κ3) is 5.69. The topological polar surface area (TPSA) is 92.3 Å². The number of amides is 1. The molecule has 1 fully saturated rings. The highest BCUT2D eigenvalue weighted by molar-refractivity contribution is 5.79. The predicted octanol–water partition coefficient (Wildman–Crippen LogP) is 3.38. The maximum atomic E-state index is 13.1. The summed E-state index contributed by atoms with van der Waals surface area (Å²) in [6.45, 7) is 10.3. The SMILES string of the molecule is CC1(C)C=C(CC(=O)N2CCO[C@H](c3ccc(Nc4cnccn4)cn3)C2)CC(C)(C)N1. The number of pyridine rings is 1. The summed E-state index contributed by atoms with van der Waals surface area (Å²) in [6.07, 6.45) is 9.97. The Balaban J connectivity index is 1.38. The molecule has 32 heavy (non-hydrogen) atoms. The van der Waals surface area contributed by atoms with Crippen molar-refractivity contribution >= 4 is 17.4 Å². The normalized spacial score (nSPS) is 22.2. The van der Waals surface area contributed by atoms with E-state index in [2.05, 4.69) is 59.4 Å². The first-order valence-corrected chi connectivity index (χ1v) is 11.1. The lowest BCUT2D eigenvalue weighted by atomic mass is 9.82. The van der Waals surface area contributed by atoms with Crippen LogP contribution in [-0.4, -0.2) is 56.5 Å². The molecule has 4 rings (SSSR count). The van der Waals surface area contributed by atoms with Crippen molar-refractivity contribution in [2.75, 3.05) is 25.0 Å². The van der Waals surface area contributed by atoms with Crippen molar-refractivity contribution in [2.45, 2.75) is 57.7 Å². The average molecular weight is 437 g/mol. The second-order valence-electron chi connectivity index (χ2n) is 9.77. The van der Waals surface area contributed by atoms with Gasteiger partial charge in [0.1, 0.15) is 11.9 Å². The summed E-state index contributed by atoms with van der Waals surface area (Å²) in [5.74, 6) is 0.810. The Hall–Kier alpha value is -2.84. The Kier molecular flexibility index (Phi) is 6.26. The van der Waals surface area contributed by atoms with Crippen LogP contribution < -0.4 is 10.6 Å². The number of hydrogen-bond acceptors (Lipinski definition) is 7. The highest BCUT2D eigenvalue weighted by Crippen LogP contribution is 2.30. The van der Waals surface area contributed by atoms with Crippen LogP contribution in [0.1, 0.15) is 52.3 Å². The van der Waals surface area contributed by atoms with Gasteiger partial charge in [0.15, 0.2) is 0 Å². The zero-order valence-corrected chi connectivity index (χ0v) is 19.3. The molecule has 2 N–H and O–H groups in total. The van der Waals surface area contributed by atoms with Crippen LogP contribution in [-0.2, 0) is 9.53 Å². The molecule has 0 unspecified atom stereocenters. The first kappa shape index (κ1) is 22.4. The van der Waals surface area contributed by atoms with E-state index in [-0.39, 0.29) is 23.1 Å². The van der Waals surface area contributed by atoms with Crippen LogP contribution in [0.15, 0.2) is 48.6 Å². The Labute approximate surface area is 189 Å². The molecule has 0 bridgehead atoms. The molecule has 4 heterocycles. The molecule has 1 saturated heterocycles. The molecule has 2 aromatic heterocycles. The largest absolute Gasteiger partial charge is 0.368 e. The number of hydrogen-bond donors (Lipinski definition) is 2. The van der Waals surface area contributed by atoms with Gasteiger partial charge in [0.05, 0.1) is 36.9 Å². The number of nitrogens with one attached hydrogen (secondary N) is 2. The minimum absolute atomic E-state index is 0.0214. The van der Waals surface area contributed by atoms with Crippen LogP contribution in [0.3, 0.4) is 0 Å². The van der Waals surface area contributed by atoms with Gasteiger partial charge in [-0.1, -0.05) is 11.6 Å². The number of carbonyl (C=O) groups is 1. The van der Waals surface area contributed by atoms with Crippen molar-refractivity contribution in [3.05, 3.63) is 54.3 Å². The molecule has 1 amide bonds. The molecule has 170 valence electrons. The van der Waals surface area contributed by atoms with Gasteiger partial charge in [-0.25, -0.2) is 4.98 Å². The van der Waals surface area contributed by atoms with Gasteiger partial charge in [-0.3, -0.25) is 14.8 Å². The smallest absolute Gasteiger partial charge is 0.226 e. The minimum Gasteiger partial charge on any atom is -0.368 e. The minimum atomic E-state index is -0.229. The second kappa shape index (κ2) is 8.96. The quantitative estimate of drug-likeness (QED) is 0.694. The molecule has 2 aliphatic heterocycles. The van der Waals surface area contributed by atoms with Crippen LogP contribution in [0.4, 0.5) is 11.5 Å². The van der Waals surface area contributed by atoms with Crippen molar-refractivity contribution in [1.29, 1.82) is 0 Å². The first-order chi connectivity index (χ1) is 15.2. The lowest BCUT2D eigenvalue weighted by Crippen LogP contribution is -2.54. The summed E-state index contributed by atoms with van der Waals surface area (Å²) >= 11 is 0. The first-order valence-electron chi connectivity index (χ1n) is 11.1. The van der Waals surface area contributed by atoms with Gasteiger partial charge in [0, 0.05) is 36.4 Å². The monoisotopic (exact) mass is 436 g/mol. The third-order valence-electron chi connectivity index (χ3n) is 5.64. The van der Waals surface area contributed by atoms with Gasteiger partial charge < -0.3 is 20.3 Å². The van der Waals surface area contributed by atoms with Gasteiger partial charge in [0.2, 0.25) is 5.91 Å². The van der Waals surface area contributed by atoms with Gasteiger partial charge in [-0.2, -0.15) is 0 Å². The van der Waals surface area contributed by atoms with Gasteiger partial charge in [-0.15, -0.1) is 0 Å². The van der Waals surface area contributed by atoms with Crippen LogP contribution >= 0.6 is 0 Å². The number of nitrogens with zero attached hydrogens (tertiary/aromatic N) is 4. The molecule has 1 atom stereocenters. The fraction of sp³-hybridized carbons (Fsp3) is 0.500. The molecule has 0 aromatic carbocycles. The average Bonchev–Trinajstić information content (AvgIpc) is 2.73. The van der Waals surface area contributed by atoms with Gasteiger partial charge >= 0.3 is 0 Å². The fourth-order valence-electron chi connectivity index (χ4n) is 4.74. The summed E-state index contributed by atoms with van der Waals surface area (Å²) in [5, 5.41) is 6.79. The van der Waals surface area contributed by atoms with E-state index in [0.717, 1.165) is 17.8 Å². The van der Waals surface area contributed by atoms with Crippen molar-refractivity contribution in [1.82, 2.24) is 25.2 Å². The number of aromatic nitrogens is 3. The summed E-state index contributed by atoms with van der Waals surface area (Å²) in [5.41, 5.74) is 2.70. The molecule has 8 nitrogen and oxygen atoms in total. The van der Waals surface area contributed by atoms with E-state index in [9.17, 15) is 4.79 Å². The van der Waals surface area contributed by atoms with Crippen LogP contribution in [0.25, 0.3) is 0 Å².